The minimum absolute atomic E-state index is 0.0594. The van der Waals surface area contributed by atoms with Gasteiger partial charge in [-0.1, -0.05) is 19.1 Å². The number of hydrogen-bond acceptors (Lipinski definition) is 5. The molecule has 0 saturated heterocycles. The fourth-order valence-corrected chi connectivity index (χ4v) is 4.44. The van der Waals surface area contributed by atoms with E-state index in [2.05, 4.69) is 11.9 Å². The predicted octanol–water partition coefficient (Wildman–Crippen LogP) is 3.02. The molecule has 27 heavy (non-hydrogen) atoms. The highest BCUT2D eigenvalue weighted by molar-refractivity contribution is 7.18. The van der Waals surface area contributed by atoms with Crippen LogP contribution in [0, 0.1) is 6.92 Å². The first-order valence-electron chi connectivity index (χ1n) is 8.96. The van der Waals surface area contributed by atoms with Crippen molar-refractivity contribution in [3.63, 3.8) is 0 Å². The Labute approximate surface area is 160 Å². The molecule has 7 heteroatoms. The van der Waals surface area contributed by atoms with Gasteiger partial charge in [-0.2, -0.15) is 0 Å². The molecule has 2 aromatic heterocycles. The van der Waals surface area contributed by atoms with Gasteiger partial charge in [0.1, 0.15) is 10.7 Å². The molecule has 0 spiro atoms. The molecule has 0 fully saturated rings. The Hall–Kier alpha value is -2.80. The van der Waals surface area contributed by atoms with Gasteiger partial charge in [0.2, 0.25) is 0 Å². The zero-order valence-corrected chi connectivity index (χ0v) is 16.0. The molecule has 0 bridgehead atoms. The summed E-state index contributed by atoms with van der Waals surface area (Å²) in [6, 6.07) is 8.76. The maximum absolute atomic E-state index is 12.8. The summed E-state index contributed by atoms with van der Waals surface area (Å²) in [6.45, 7) is 4.56. The third-order valence-corrected chi connectivity index (χ3v) is 6.06. The Morgan fingerprint density at radius 3 is 2.33 bits per heavy atom. The summed E-state index contributed by atoms with van der Waals surface area (Å²) in [5.41, 5.74) is 0.837. The lowest BCUT2D eigenvalue weighted by atomic mass is 10.1. The van der Waals surface area contributed by atoms with Crippen molar-refractivity contribution in [1.82, 2.24) is 14.5 Å². The first-order valence-corrected chi connectivity index (χ1v) is 9.78. The van der Waals surface area contributed by atoms with Crippen LogP contribution in [0.5, 0.6) is 0 Å². The van der Waals surface area contributed by atoms with E-state index in [1.54, 1.807) is 40.2 Å². The van der Waals surface area contributed by atoms with Crippen LogP contribution in [0.4, 0.5) is 0 Å². The van der Waals surface area contributed by atoms with Gasteiger partial charge in [0.05, 0.1) is 16.5 Å². The zero-order chi connectivity index (χ0) is 19.1. The molecule has 6 nitrogen and oxygen atoms in total. The van der Waals surface area contributed by atoms with Gasteiger partial charge in [0, 0.05) is 18.0 Å². The molecular formula is C20H19N3O3S. The SMILES string of the molecule is CCc1cc2c(=O)n(CCCN3C(=O)c4ccccc4C3=O)c(C)nc2s1. The Morgan fingerprint density at radius 1 is 1.04 bits per heavy atom. The van der Waals surface area contributed by atoms with Gasteiger partial charge in [-0.15, -0.1) is 11.3 Å². The van der Waals surface area contributed by atoms with Crippen LogP contribution in [0.1, 0.15) is 44.8 Å². The highest BCUT2D eigenvalue weighted by atomic mass is 32.1. The van der Waals surface area contributed by atoms with Crippen LogP contribution in [-0.4, -0.2) is 32.8 Å². The Balaban J connectivity index is 1.52. The molecule has 0 atom stereocenters. The molecular weight excluding hydrogens is 362 g/mol. The summed E-state index contributed by atoms with van der Waals surface area (Å²) >= 11 is 1.55. The van der Waals surface area contributed by atoms with Crippen molar-refractivity contribution in [1.29, 1.82) is 0 Å². The minimum Gasteiger partial charge on any atom is -0.296 e. The van der Waals surface area contributed by atoms with E-state index >= 15 is 0 Å². The van der Waals surface area contributed by atoms with E-state index in [9.17, 15) is 14.4 Å². The number of nitrogens with zero attached hydrogens (tertiary/aromatic N) is 3. The van der Waals surface area contributed by atoms with Crippen LogP contribution in [0.15, 0.2) is 35.1 Å². The summed E-state index contributed by atoms with van der Waals surface area (Å²) in [4.78, 5) is 45.4. The third-order valence-electron chi connectivity index (χ3n) is 4.88. The molecule has 0 saturated carbocycles. The normalized spacial score (nSPS) is 13.6. The van der Waals surface area contributed by atoms with Gasteiger partial charge >= 0.3 is 0 Å². The average Bonchev–Trinajstić information content (AvgIpc) is 3.19. The average molecular weight is 381 g/mol. The quantitative estimate of drug-likeness (QED) is 0.637. The van der Waals surface area contributed by atoms with Crippen molar-refractivity contribution in [2.24, 2.45) is 0 Å². The third kappa shape index (κ3) is 2.88. The number of amides is 2. The second-order valence-corrected chi connectivity index (χ2v) is 7.68. The summed E-state index contributed by atoms with van der Waals surface area (Å²) < 4.78 is 1.63. The van der Waals surface area contributed by atoms with E-state index in [0.29, 0.717) is 35.3 Å². The van der Waals surface area contributed by atoms with Crippen molar-refractivity contribution in [3.8, 4) is 0 Å². The van der Waals surface area contributed by atoms with Crippen LogP contribution in [0.2, 0.25) is 0 Å². The lowest BCUT2D eigenvalue weighted by Crippen LogP contribution is -2.32. The second-order valence-electron chi connectivity index (χ2n) is 6.56. The Bertz CT molecular complexity index is 1090. The van der Waals surface area contributed by atoms with E-state index in [1.807, 2.05) is 13.0 Å². The molecule has 1 aromatic carbocycles. The molecule has 2 amide bonds. The standard InChI is InChI=1S/C20H19N3O3S/c1-3-13-11-16-17(27-13)21-12(2)22(20(16)26)9-6-10-23-18(24)14-7-4-5-8-15(14)19(23)25/h4-5,7-8,11H,3,6,9-10H2,1-2H3. The van der Waals surface area contributed by atoms with E-state index in [1.165, 1.54) is 4.90 Å². The fourth-order valence-electron chi connectivity index (χ4n) is 3.43. The lowest BCUT2D eigenvalue weighted by molar-refractivity contribution is 0.0650. The number of carbonyl (C=O) groups excluding carboxylic acids is 2. The zero-order valence-electron chi connectivity index (χ0n) is 15.2. The van der Waals surface area contributed by atoms with E-state index in [-0.39, 0.29) is 23.9 Å². The Kier molecular flexibility index (Phi) is 4.39. The topological polar surface area (TPSA) is 72.3 Å². The number of fused-ring (bicyclic) bond motifs is 2. The van der Waals surface area contributed by atoms with Gasteiger partial charge in [-0.25, -0.2) is 4.98 Å². The fraction of sp³-hybridized carbons (Fsp3) is 0.300. The van der Waals surface area contributed by atoms with Gasteiger partial charge in [0.25, 0.3) is 17.4 Å². The van der Waals surface area contributed by atoms with E-state index < -0.39 is 0 Å². The number of benzene rings is 1. The molecule has 0 aliphatic carbocycles. The number of hydrogen-bond donors (Lipinski definition) is 0. The number of aryl methyl sites for hydroxylation is 2. The lowest BCUT2D eigenvalue weighted by Gasteiger charge is -2.15. The Morgan fingerprint density at radius 2 is 1.70 bits per heavy atom. The van der Waals surface area contributed by atoms with Crippen LogP contribution >= 0.6 is 11.3 Å². The van der Waals surface area contributed by atoms with E-state index in [4.69, 9.17) is 0 Å². The van der Waals surface area contributed by atoms with Crippen molar-refractivity contribution < 1.29 is 9.59 Å². The van der Waals surface area contributed by atoms with Gasteiger partial charge in [-0.3, -0.25) is 23.9 Å². The highest BCUT2D eigenvalue weighted by Gasteiger charge is 2.34. The molecule has 3 heterocycles. The summed E-state index contributed by atoms with van der Waals surface area (Å²) in [7, 11) is 0. The number of carbonyl (C=O) groups is 2. The maximum Gasteiger partial charge on any atom is 0.262 e. The predicted molar refractivity (Wildman–Crippen MR) is 104 cm³/mol. The molecule has 1 aliphatic heterocycles. The number of aromatic nitrogens is 2. The first-order chi connectivity index (χ1) is 13.0. The molecule has 4 rings (SSSR count). The highest BCUT2D eigenvalue weighted by Crippen LogP contribution is 2.23. The van der Waals surface area contributed by atoms with Crippen LogP contribution in [0.3, 0.4) is 0 Å². The van der Waals surface area contributed by atoms with Gasteiger partial charge < -0.3 is 0 Å². The maximum atomic E-state index is 12.8. The van der Waals surface area contributed by atoms with Crippen molar-refractivity contribution >= 4 is 33.4 Å². The van der Waals surface area contributed by atoms with Crippen LogP contribution in [-0.2, 0) is 13.0 Å². The molecule has 0 N–H and O–H groups in total. The molecule has 1 aliphatic rings. The van der Waals surface area contributed by atoms with Gasteiger partial charge in [-0.05, 0) is 38.0 Å². The number of thiophene rings is 1. The van der Waals surface area contributed by atoms with Crippen LogP contribution in [0.25, 0.3) is 10.2 Å². The molecule has 0 unspecified atom stereocenters. The van der Waals surface area contributed by atoms with Crippen LogP contribution < -0.4 is 5.56 Å². The van der Waals surface area contributed by atoms with Crippen molar-refractivity contribution in [2.75, 3.05) is 6.54 Å². The van der Waals surface area contributed by atoms with Crippen molar-refractivity contribution in [3.05, 3.63) is 62.5 Å². The van der Waals surface area contributed by atoms with Gasteiger partial charge in [0.15, 0.2) is 0 Å². The van der Waals surface area contributed by atoms with E-state index in [0.717, 1.165) is 16.1 Å². The molecule has 0 radical (unpaired) electrons. The largest absolute Gasteiger partial charge is 0.296 e. The number of imide groups is 1. The van der Waals surface area contributed by atoms with Crippen molar-refractivity contribution in [2.45, 2.75) is 33.2 Å². The molecule has 3 aromatic rings. The first kappa shape index (κ1) is 17.6. The second kappa shape index (κ2) is 6.74. The molecule has 138 valence electrons. The summed E-state index contributed by atoms with van der Waals surface area (Å²) in [6.07, 6.45) is 1.38. The summed E-state index contributed by atoms with van der Waals surface area (Å²) in [5.74, 6) is 0.122. The smallest absolute Gasteiger partial charge is 0.262 e. The number of rotatable bonds is 5. The minimum atomic E-state index is -0.265. The summed E-state index contributed by atoms with van der Waals surface area (Å²) in [5, 5.41) is 0.642. The monoisotopic (exact) mass is 381 g/mol.